The largest absolute Gasteiger partial charge is 0.337 e. The minimum atomic E-state index is -3.84. The first kappa shape index (κ1) is 18.4. The summed E-state index contributed by atoms with van der Waals surface area (Å²) in [7, 11) is -3.84. The molecule has 10 heteroatoms. The van der Waals surface area contributed by atoms with Gasteiger partial charge in [0.25, 0.3) is 10.0 Å². The van der Waals surface area contributed by atoms with Gasteiger partial charge in [-0.15, -0.1) is 0 Å². The van der Waals surface area contributed by atoms with Gasteiger partial charge in [0.05, 0.1) is 27.7 Å². The van der Waals surface area contributed by atoms with Crippen LogP contribution >= 0.6 is 11.7 Å². The van der Waals surface area contributed by atoms with E-state index < -0.39 is 10.0 Å². The number of sulfonamides is 1. The van der Waals surface area contributed by atoms with Crippen LogP contribution in [-0.2, 0) is 10.0 Å². The van der Waals surface area contributed by atoms with Crippen LogP contribution < -0.4 is 10.0 Å². The standard InChI is InChI=1S/C20H14N6O2S2/c27-30(28,14-6-2-1-3-7-14)26-20-19(22-15-8-4-5-9-16(15)23-20)21-13-10-11-17-18(12-13)25-29-24-17/h1-12H,(H,21,22)(H,23,26). The van der Waals surface area contributed by atoms with E-state index in [1.165, 1.54) is 12.1 Å². The highest BCUT2D eigenvalue weighted by molar-refractivity contribution is 7.92. The molecule has 5 rings (SSSR count). The first-order valence-corrected chi connectivity index (χ1v) is 11.1. The van der Waals surface area contributed by atoms with Crippen LogP contribution in [0.15, 0.2) is 77.7 Å². The zero-order chi connectivity index (χ0) is 20.6. The monoisotopic (exact) mass is 434 g/mol. The molecular weight excluding hydrogens is 420 g/mol. The molecule has 2 aromatic heterocycles. The number of benzene rings is 3. The van der Waals surface area contributed by atoms with Crippen LogP contribution in [-0.4, -0.2) is 27.1 Å². The zero-order valence-electron chi connectivity index (χ0n) is 15.4. The van der Waals surface area contributed by atoms with Gasteiger partial charge >= 0.3 is 0 Å². The van der Waals surface area contributed by atoms with Crippen molar-refractivity contribution in [2.75, 3.05) is 10.0 Å². The smallest absolute Gasteiger partial charge is 0.263 e. The molecule has 8 nitrogen and oxygen atoms in total. The zero-order valence-corrected chi connectivity index (χ0v) is 17.0. The normalized spacial score (nSPS) is 11.6. The molecule has 3 aromatic carbocycles. The van der Waals surface area contributed by atoms with Crippen LogP contribution in [0.3, 0.4) is 0 Å². The van der Waals surface area contributed by atoms with E-state index in [4.69, 9.17) is 0 Å². The minimum absolute atomic E-state index is 0.106. The van der Waals surface area contributed by atoms with Crippen molar-refractivity contribution in [3.63, 3.8) is 0 Å². The summed E-state index contributed by atoms with van der Waals surface area (Å²) in [5.74, 6) is 0.393. The van der Waals surface area contributed by atoms with Crippen molar-refractivity contribution < 1.29 is 8.42 Å². The Kier molecular flexibility index (Phi) is 4.49. The molecule has 0 fully saturated rings. The second-order valence-electron chi connectivity index (χ2n) is 6.42. The quantitative estimate of drug-likeness (QED) is 0.427. The molecule has 0 aliphatic heterocycles. The van der Waals surface area contributed by atoms with Crippen LogP contribution in [0.2, 0.25) is 0 Å². The maximum absolute atomic E-state index is 12.9. The van der Waals surface area contributed by atoms with Crippen molar-refractivity contribution in [3.05, 3.63) is 72.8 Å². The van der Waals surface area contributed by atoms with E-state index in [1.54, 1.807) is 24.3 Å². The van der Waals surface area contributed by atoms with Crippen molar-refractivity contribution in [1.29, 1.82) is 0 Å². The van der Waals surface area contributed by atoms with Gasteiger partial charge in [0.1, 0.15) is 11.0 Å². The van der Waals surface area contributed by atoms with Crippen molar-refractivity contribution in [2.45, 2.75) is 4.90 Å². The highest BCUT2D eigenvalue weighted by Crippen LogP contribution is 2.28. The molecule has 0 bridgehead atoms. The summed E-state index contributed by atoms with van der Waals surface area (Å²) in [6, 6.07) is 20.9. The maximum atomic E-state index is 12.9. The fourth-order valence-electron chi connectivity index (χ4n) is 2.94. The second kappa shape index (κ2) is 7.32. The van der Waals surface area contributed by atoms with Gasteiger partial charge in [0.2, 0.25) is 0 Å². The van der Waals surface area contributed by atoms with Gasteiger partial charge in [0, 0.05) is 5.69 Å². The third-order valence-corrected chi connectivity index (χ3v) is 6.28. The lowest BCUT2D eigenvalue weighted by molar-refractivity contribution is 0.601. The lowest BCUT2D eigenvalue weighted by Gasteiger charge is -2.14. The van der Waals surface area contributed by atoms with Crippen LogP contribution in [0.4, 0.5) is 17.3 Å². The Labute approximate surface area is 176 Å². The molecular formula is C20H14N6O2S2. The molecule has 2 N–H and O–H groups in total. The molecule has 2 heterocycles. The molecule has 0 aliphatic carbocycles. The Morgan fingerprint density at radius 3 is 2.13 bits per heavy atom. The molecule has 0 saturated carbocycles. The first-order chi connectivity index (χ1) is 14.6. The van der Waals surface area contributed by atoms with Crippen LogP contribution in [0.25, 0.3) is 22.1 Å². The topological polar surface area (TPSA) is 110 Å². The Balaban J connectivity index is 1.59. The summed E-state index contributed by atoms with van der Waals surface area (Å²) < 4.78 is 36.7. The van der Waals surface area contributed by atoms with E-state index in [1.807, 2.05) is 36.4 Å². The number of anilines is 3. The number of nitrogens with one attached hydrogen (secondary N) is 2. The first-order valence-electron chi connectivity index (χ1n) is 8.92. The van der Waals surface area contributed by atoms with Crippen molar-refractivity contribution in [2.24, 2.45) is 0 Å². The fourth-order valence-corrected chi connectivity index (χ4v) is 4.49. The van der Waals surface area contributed by atoms with E-state index >= 15 is 0 Å². The summed E-state index contributed by atoms with van der Waals surface area (Å²) >= 11 is 1.13. The molecule has 0 unspecified atom stereocenters. The Morgan fingerprint density at radius 1 is 0.700 bits per heavy atom. The number of fused-ring (bicyclic) bond motifs is 2. The van der Waals surface area contributed by atoms with Gasteiger partial charge in [-0.2, -0.15) is 8.75 Å². The lowest BCUT2D eigenvalue weighted by Crippen LogP contribution is -2.16. The highest BCUT2D eigenvalue weighted by Gasteiger charge is 2.19. The van der Waals surface area contributed by atoms with E-state index in [0.29, 0.717) is 16.7 Å². The molecule has 148 valence electrons. The van der Waals surface area contributed by atoms with Crippen molar-refractivity contribution >= 4 is 61.1 Å². The summed E-state index contributed by atoms with van der Waals surface area (Å²) in [5.41, 5.74) is 3.44. The number of rotatable bonds is 5. The summed E-state index contributed by atoms with van der Waals surface area (Å²) in [4.78, 5) is 9.21. The van der Waals surface area contributed by atoms with Crippen LogP contribution in [0.5, 0.6) is 0 Å². The summed E-state index contributed by atoms with van der Waals surface area (Å²) in [6.07, 6.45) is 0. The average Bonchev–Trinajstić information content (AvgIpc) is 3.22. The third kappa shape index (κ3) is 3.53. The summed E-state index contributed by atoms with van der Waals surface area (Å²) in [5, 5.41) is 3.16. The lowest BCUT2D eigenvalue weighted by atomic mass is 10.2. The van der Waals surface area contributed by atoms with Gasteiger partial charge in [-0.1, -0.05) is 30.3 Å². The number of para-hydroxylation sites is 2. The Hall–Kier alpha value is -3.63. The minimum Gasteiger partial charge on any atom is -0.337 e. The number of aromatic nitrogens is 4. The highest BCUT2D eigenvalue weighted by atomic mass is 32.2. The van der Waals surface area contributed by atoms with Gasteiger partial charge < -0.3 is 5.32 Å². The maximum Gasteiger partial charge on any atom is 0.263 e. The summed E-state index contributed by atoms with van der Waals surface area (Å²) in [6.45, 7) is 0. The van der Waals surface area contributed by atoms with Gasteiger partial charge in [-0.25, -0.2) is 18.4 Å². The van der Waals surface area contributed by atoms with Crippen molar-refractivity contribution in [3.8, 4) is 0 Å². The molecule has 0 amide bonds. The number of hydrogen-bond donors (Lipinski definition) is 2. The Morgan fingerprint density at radius 2 is 1.37 bits per heavy atom. The molecule has 0 saturated heterocycles. The predicted octanol–water partition coefficient (Wildman–Crippen LogP) is 4.18. The van der Waals surface area contributed by atoms with E-state index in [0.717, 1.165) is 22.8 Å². The Bertz CT molecular complexity index is 1470. The molecule has 0 spiro atoms. The molecule has 0 radical (unpaired) electrons. The third-order valence-electron chi connectivity index (χ3n) is 4.37. The van der Waals surface area contributed by atoms with E-state index in [2.05, 4.69) is 28.8 Å². The molecule has 30 heavy (non-hydrogen) atoms. The SMILES string of the molecule is O=S(=O)(Nc1nc2ccccc2nc1Nc1ccc2nsnc2c1)c1ccccc1. The van der Waals surface area contributed by atoms with Crippen LogP contribution in [0, 0.1) is 0 Å². The van der Waals surface area contributed by atoms with Crippen LogP contribution in [0.1, 0.15) is 0 Å². The molecule has 0 aliphatic rings. The van der Waals surface area contributed by atoms with E-state index in [9.17, 15) is 8.42 Å². The average molecular weight is 435 g/mol. The van der Waals surface area contributed by atoms with Crippen molar-refractivity contribution in [1.82, 2.24) is 18.7 Å². The molecule has 5 aromatic rings. The molecule has 0 atom stereocenters. The predicted molar refractivity (Wildman–Crippen MR) is 117 cm³/mol. The number of nitrogens with zero attached hydrogens (tertiary/aromatic N) is 4. The van der Waals surface area contributed by atoms with Gasteiger partial charge in [0.15, 0.2) is 11.6 Å². The fraction of sp³-hybridized carbons (Fsp3) is 0. The van der Waals surface area contributed by atoms with Gasteiger partial charge in [-0.3, -0.25) is 4.72 Å². The van der Waals surface area contributed by atoms with E-state index in [-0.39, 0.29) is 16.5 Å². The second-order valence-corrected chi connectivity index (χ2v) is 8.63. The van der Waals surface area contributed by atoms with Gasteiger partial charge in [-0.05, 0) is 42.5 Å². The number of hydrogen-bond acceptors (Lipinski definition) is 8.